The highest BCUT2D eigenvalue weighted by Gasteiger charge is 2.48. The second-order valence-corrected chi connectivity index (χ2v) is 11.5. The van der Waals surface area contributed by atoms with Crippen molar-refractivity contribution < 1.29 is 33.3 Å². The zero-order valence-electron chi connectivity index (χ0n) is 25.6. The van der Waals surface area contributed by atoms with Gasteiger partial charge in [0.15, 0.2) is 18.1 Å². The summed E-state index contributed by atoms with van der Waals surface area (Å²) in [5.41, 5.74) is 4.42. The van der Waals surface area contributed by atoms with Crippen molar-refractivity contribution in [1.82, 2.24) is 19.3 Å². The third kappa shape index (κ3) is 5.84. The number of ether oxygens (including phenoxy) is 4. The van der Waals surface area contributed by atoms with E-state index in [0.29, 0.717) is 38.1 Å². The van der Waals surface area contributed by atoms with Crippen LogP contribution in [0.5, 0.6) is 5.75 Å². The van der Waals surface area contributed by atoms with Crippen molar-refractivity contribution >= 4 is 28.6 Å². The molecule has 11 heteroatoms. The average molecular weight is 605 g/mol. The summed E-state index contributed by atoms with van der Waals surface area (Å²) >= 11 is 0. The Morgan fingerprint density at radius 1 is 1.07 bits per heavy atom. The Morgan fingerprint density at radius 2 is 1.84 bits per heavy atom. The lowest BCUT2D eigenvalue weighted by Crippen LogP contribution is -2.38. The van der Waals surface area contributed by atoms with Crippen LogP contribution in [0.4, 0.5) is 4.79 Å². The number of morpholine rings is 1. The summed E-state index contributed by atoms with van der Waals surface area (Å²) in [4.78, 5) is 44.2. The largest absolute Gasteiger partial charge is 0.492 e. The van der Waals surface area contributed by atoms with Crippen LogP contribution in [0, 0.1) is 0 Å². The van der Waals surface area contributed by atoms with Gasteiger partial charge in [0.2, 0.25) is 0 Å². The molecule has 0 bridgehead atoms. The van der Waals surface area contributed by atoms with E-state index in [1.807, 2.05) is 31.2 Å². The molecule has 3 aliphatic heterocycles. The van der Waals surface area contributed by atoms with Gasteiger partial charge in [0, 0.05) is 63.3 Å². The number of imide groups is 1. The molecule has 0 spiro atoms. The van der Waals surface area contributed by atoms with Crippen LogP contribution in [-0.4, -0.2) is 110 Å². The molecule has 4 heterocycles. The summed E-state index contributed by atoms with van der Waals surface area (Å²) < 4.78 is 24.5. The lowest BCUT2D eigenvalue weighted by Gasteiger charge is -2.29. The Hall–Kier alpha value is -3.77. The van der Waals surface area contributed by atoms with Crippen LogP contribution >= 0.6 is 0 Å². The van der Waals surface area contributed by atoms with Gasteiger partial charge in [0.25, 0.3) is 5.91 Å². The van der Waals surface area contributed by atoms with E-state index in [0.717, 1.165) is 66.3 Å². The first-order chi connectivity index (χ1) is 21.4. The summed E-state index contributed by atoms with van der Waals surface area (Å²) in [7, 11) is 3.11. The quantitative estimate of drug-likeness (QED) is 0.176. The first-order valence-electron chi connectivity index (χ1n) is 15.3. The maximum atomic E-state index is 13.4. The van der Waals surface area contributed by atoms with Gasteiger partial charge in [-0.05, 0) is 42.2 Å². The molecular weight excluding hydrogens is 564 g/mol. The molecule has 1 aromatic heterocycles. The number of hydrogen-bond acceptors (Lipinski definition) is 8. The van der Waals surface area contributed by atoms with Crippen molar-refractivity contribution in [3.8, 4) is 5.75 Å². The first-order valence-corrected chi connectivity index (χ1v) is 15.3. The standard InChI is InChI=1S/C33H40N4O7/c1-4-29(41-3)44-21-28(38)23-7-5-22(6-8-23)20-37-27-10-9-24(43-18-15-35-13-16-42-17-14-35)19-26(27)25-11-12-36-31(30(25)37)32(39)34(2)33(36)40/h5-10,19,29,31H,4,11-18,20-21H2,1-3H3. The molecule has 234 valence electrons. The fourth-order valence-electron chi connectivity index (χ4n) is 6.39. The number of carbonyl (C=O) groups is 3. The monoisotopic (exact) mass is 604 g/mol. The fourth-order valence-corrected chi connectivity index (χ4v) is 6.39. The lowest BCUT2D eigenvalue weighted by molar-refractivity contribution is -0.127. The minimum atomic E-state index is -0.667. The van der Waals surface area contributed by atoms with E-state index in [9.17, 15) is 14.4 Å². The number of fused-ring (bicyclic) bond motifs is 5. The molecular formula is C33H40N4O7. The number of benzene rings is 2. The van der Waals surface area contributed by atoms with Crippen molar-refractivity contribution in [2.75, 3.05) is 66.8 Å². The zero-order valence-corrected chi connectivity index (χ0v) is 25.6. The maximum Gasteiger partial charge on any atom is 0.327 e. The molecule has 6 rings (SSSR count). The smallest absolute Gasteiger partial charge is 0.327 e. The lowest BCUT2D eigenvalue weighted by atomic mass is 9.97. The van der Waals surface area contributed by atoms with Crippen molar-refractivity contribution in [3.63, 3.8) is 0 Å². The highest BCUT2D eigenvalue weighted by Crippen LogP contribution is 2.42. The van der Waals surface area contributed by atoms with Gasteiger partial charge in [0.1, 0.15) is 19.0 Å². The number of hydrogen-bond donors (Lipinski definition) is 0. The van der Waals surface area contributed by atoms with Gasteiger partial charge in [0.05, 0.1) is 18.9 Å². The van der Waals surface area contributed by atoms with Crippen LogP contribution in [-0.2, 0) is 32.0 Å². The summed E-state index contributed by atoms with van der Waals surface area (Å²) in [6.07, 6.45) is 0.890. The van der Waals surface area contributed by atoms with Crippen LogP contribution < -0.4 is 4.74 Å². The number of rotatable bonds is 12. The summed E-state index contributed by atoms with van der Waals surface area (Å²) in [6.45, 7) is 7.56. The number of aromatic nitrogens is 1. The topological polar surface area (TPSA) is 103 Å². The minimum Gasteiger partial charge on any atom is -0.492 e. The normalized spacial score (nSPS) is 19.4. The third-order valence-electron chi connectivity index (χ3n) is 8.85. The fraction of sp³-hybridized carbons (Fsp3) is 0.485. The van der Waals surface area contributed by atoms with Crippen LogP contribution in [0.25, 0.3) is 10.9 Å². The van der Waals surface area contributed by atoms with Gasteiger partial charge in [-0.2, -0.15) is 0 Å². The van der Waals surface area contributed by atoms with Crippen LogP contribution in [0.3, 0.4) is 0 Å². The molecule has 3 aromatic rings. The van der Waals surface area contributed by atoms with Gasteiger partial charge in [-0.15, -0.1) is 0 Å². The van der Waals surface area contributed by atoms with Crippen molar-refractivity contribution in [1.29, 1.82) is 0 Å². The van der Waals surface area contributed by atoms with E-state index < -0.39 is 12.3 Å². The number of amides is 3. The third-order valence-corrected chi connectivity index (χ3v) is 8.85. The van der Waals surface area contributed by atoms with Crippen LogP contribution in [0.15, 0.2) is 42.5 Å². The van der Waals surface area contributed by atoms with Gasteiger partial charge in [-0.3, -0.25) is 19.4 Å². The Balaban J connectivity index is 1.28. The molecule has 2 atom stereocenters. The maximum absolute atomic E-state index is 13.4. The molecule has 11 nitrogen and oxygen atoms in total. The first kappa shape index (κ1) is 30.3. The van der Waals surface area contributed by atoms with Gasteiger partial charge in [-0.25, -0.2) is 4.79 Å². The Bertz CT molecular complexity index is 1530. The van der Waals surface area contributed by atoms with Crippen LogP contribution in [0.2, 0.25) is 0 Å². The molecule has 0 radical (unpaired) electrons. The molecule has 2 aromatic carbocycles. The molecule has 2 fully saturated rings. The number of urea groups is 1. The van der Waals surface area contributed by atoms with E-state index in [1.165, 1.54) is 4.90 Å². The molecule has 0 saturated carbocycles. The van der Waals surface area contributed by atoms with Gasteiger partial charge < -0.3 is 28.4 Å². The number of nitrogens with zero attached hydrogens (tertiary/aromatic N) is 4. The predicted molar refractivity (Wildman–Crippen MR) is 163 cm³/mol. The molecule has 2 unspecified atom stereocenters. The molecule has 0 aliphatic carbocycles. The summed E-state index contributed by atoms with van der Waals surface area (Å²) in [5.74, 6) is 0.443. The van der Waals surface area contributed by atoms with Gasteiger partial charge >= 0.3 is 6.03 Å². The second kappa shape index (κ2) is 13.1. The Labute approximate surface area is 257 Å². The van der Waals surface area contributed by atoms with Gasteiger partial charge in [-0.1, -0.05) is 31.2 Å². The van der Waals surface area contributed by atoms with Crippen LogP contribution in [0.1, 0.15) is 46.6 Å². The summed E-state index contributed by atoms with van der Waals surface area (Å²) in [6, 6.07) is 12.6. The highest BCUT2D eigenvalue weighted by atomic mass is 16.7. The number of likely N-dealkylation sites (N-methyl/N-ethyl adjacent to an activating group) is 1. The SMILES string of the molecule is CCC(OC)OCC(=O)c1ccc(Cn2c3c(c4cc(OCCN5CCOCC5)ccc42)CCN2C(=O)N(C)C(=O)C32)cc1. The predicted octanol–water partition coefficient (Wildman–Crippen LogP) is 3.47. The van der Waals surface area contributed by atoms with E-state index in [-0.39, 0.29) is 24.3 Å². The average Bonchev–Trinajstić information content (AvgIpc) is 3.48. The molecule has 0 N–H and O–H groups in total. The number of ketones is 1. The zero-order chi connectivity index (χ0) is 30.8. The van der Waals surface area contributed by atoms with Crippen molar-refractivity contribution in [2.45, 2.75) is 38.6 Å². The van der Waals surface area contributed by atoms with Crippen molar-refractivity contribution in [2.24, 2.45) is 0 Å². The molecule has 3 amide bonds. The summed E-state index contributed by atoms with van der Waals surface area (Å²) in [5, 5.41) is 1.03. The minimum absolute atomic E-state index is 0.0561. The number of methoxy groups -OCH3 is 1. The molecule has 3 aliphatic rings. The Morgan fingerprint density at radius 3 is 2.57 bits per heavy atom. The molecule has 44 heavy (non-hydrogen) atoms. The van der Waals surface area contributed by atoms with E-state index >= 15 is 0 Å². The van der Waals surface area contributed by atoms with E-state index in [2.05, 4.69) is 15.5 Å². The van der Waals surface area contributed by atoms with E-state index in [1.54, 1.807) is 31.2 Å². The molecule has 2 saturated heterocycles. The van der Waals surface area contributed by atoms with Crippen molar-refractivity contribution in [3.05, 3.63) is 64.8 Å². The van der Waals surface area contributed by atoms with E-state index in [4.69, 9.17) is 18.9 Å². The number of Topliss-reactive ketones (excluding diaryl/α,β-unsaturated/α-hetero) is 1. The Kier molecular flexibility index (Phi) is 8.99. The highest BCUT2D eigenvalue weighted by molar-refractivity contribution is 6.05. The second-order valence-electron chi connectivity index (χ2n) is 11.5. The number of carbonyl (C=O) groups excluding carboxylic acids is 3.